The molecule has 0 aliphatic carbocycles. The SMILES string of the molecule is Cc1ccc(O)c(CNc2cc(F)c(Br)cc2F)c1. The molecule has 2 aromatic carbocycles. The maximum absolute atomic E-state index is 13.6. The van der Waals surface area contributed by atoms with Gasteiger partial charge >= 0.3 is 0 Å². The summed E-state index contributed by atoms with van der Waals surface area (Å²) in [5.41, 5.74) is 1.67. The van der Waals surface area contributed by atoms with Crippen molar-refractivity contribution in [1.82, 2.24) is 0 Å². The highest BCUT2D eigenvalue weighted by molar-refractivity contribution is 9.10. The summed E-state index contributed by atoms with van der Waals surface area (Å²) in [5, 5.41) is 12.4. The molecule has 19 heavy (non-hydrogen) atoms. The van der Waals surface area contributed by atoms with E-state index in [2.05, 4.69) is 21.2 Å². The quantitative estimate of drug-likeness (QED) is 0.821. The van der Waals surface area contributed by atoms with E-state index in [1.54, 1.807) is 18.2 Å². The van der Waals surface area contributed by atoms with Crippen LogP contribution in [0.25, 0.3) is 0 Å². The molecular formula is C14H12BrF2NO. The van der Waals surface area contributed by atoms with E-state index < -0.39 is 11.6 Å². The second-order valence-corrected chi connectivity index (χ2v) is 5.09. The van der Waals surface area contributed by atoms with Gasteiger partial charge in [0.05, 0.1) is 10.2 Å². The highest BCUT2D eigenvalue weighted by Gasteiger charge is 2.09. The Labute approximate surface area is 118 Å². The van der Waals surface area contributed by atoms with Gasteiger partial charge in [0.2, 0.25) is 0 Å². The smallest absolute Gasteiger partial charge is 0.147 e. The van der Waals surface area contributed by atoms with Crippen LogP contribution in [-0.4, -0.2) is 5.11 Å². The molecule has 0 radical (unpaired) electrons. The maximum Gasteiger partial charge on any atom is 0.147 e. The summed E-state index contributed by atoms with van der Waals surface area (Å²) < 4.78 is 27.0. The first-order valence-corrected chi connectivity index (χ1v) is 6.43. The Kier molecular flexibility index (Phi) is 4.04. The average molecular weight is 328 g/mol. The van der Waals surface area contributed by atoms with Gasteiger partial charge < -0.3 is 10.4 Å². The molecule has 100 valence electrons. The molecule has 0 saturated carbocycles. The van der Waals surface area contributed by atoms with Crippen LogP contribution < -0.4 is 5.32 Å². The second-order valence-electron chi connectivity index (χ2n) is 4.23. The molecule has 5 heteroatoms. The van der Waals surface area contributed by atoms with Gasteiger partial charge in [0.25, 0.3) is 0 Å². The second kappa shape index (κ2) is 5.57. The lowest BCUT2D eigenvalue weighted by Gasteiger charge is -2.10. The van der Waals surface area contributed by atoms with Gasteiger partial charge in [0, 0.05) is 18.2 Å². The van der Waals surface area contributed by atoms with Crippen LogP contribution in [0.3, 0.4) is 0 Å². The summed E-state index contributed by atoms with van der Waals surface area (Å²) in [6, 6.07) is 7.28. The first-order valence-electron chi connectivity index (χ1n) is 5.64. The number of phenolic OH excluding ortho intramolecular Hbond substituents is 1. The highest BCUT2D eigenvalue weighted by Crippen LogP contribution is 2.25. The molecule has 0 saturated heterocycles. The van der Waals surface area contributed by atoms with E-state index in [4.69, 9.17) is 0 Å². The summed E-state index contributed by atoms with van der Waals surface area (Å²) in [7, 11) is 0. The predicted octanol–water partition coefficient (Wildman–Crippen LogP) is 4.35. The van der Waals surface area contributed by atoms with Gasteiger partial charge in [-0.2, -0.15) is 0 Å². The Morgan fingerprint density at radius 2 is 1.89 bits per heavy atom. The molecule has 0 unspecified atom stereocenters. The van der Waals surface area contributed by atoms with Gasteiger partial charge in [0.1, 0.15) is 17.4 Å². The van der Waals surface area contributed by atoms with E-state index in [1.165, 1.54) is 0 Å². The molecule has 0 fully saturated rings. The first kappa shape index (κ1) is 13.8. The topological polar surface area (TPSA) is 32.3 Å². The van der Waals surface area contributed by atoms with E-state index in [1.807, 2.05) is 6.92 Å². The summed E-state index contributed by atoms with van der Waals surface area (Å²) >= 11 is 2.91. The lowest BCUT2D eigenvalue weighted by molar-refractivity contribution is 0.469. The number of phenols is 1. The van der Waals surface area contributed by atoms with Gasteiger partial charge in [-0.05, 0) is 35.0 Å². The number of aromatic hydroxyl groups is 1. The molecular weight excluding hydrogens is 316 g/mol. The largest absolute Gasteiger partial charge is 0.508 e. The Hall–Kier alpha value is -1.62. The molecule has 0 aromatic heterocycles. The van der Waals surface area contributed by atoms with Crippen molar-refractivity contribution in [2.75, 3.05) is 5.32 Å². The molecule has 2 N–H and O–H groups in total. The summed E-state index contributed by atoms with van der Waals surface area (Å²) in [5.74, 6) is -0.978. The predicted molar refractivity (Wildman–Crippen MR) is 74.2 cm³/mol. The number of hydrogen-bond donors (Lipinski definition) is 2. The lowest BCUT2D eigenvalue weighted by atomic mass is 10.1. The number of hydrogen-bond acceptors (Lipinski definition) is 2. The fourth-order valence-corrected chi connectivity index (χ4v) is 2.02. The fourth-order valence-electron chi connectivity index (χ4n) is 1.70. The lowest BCUT2D eigenvalue weighted by Crippen LogP contribution is -2.03. The number of aryl methyl sites for hydroxylation is 1. The third-order valence-electron chi connectivity index (χ3n) is 2.71. The van der Waals surface area contributed by atoms with Crippen LogP contribution in [0.1, 0.15) is 11.1 Å². The van der Waals surface area contributed by atoms with Crippen LogP contribution in [0.5, 0.6) is 5.75 Å². The van der Waals surface area contributed by atoms with E-state index >= 15 is 0 Å². The Morgan fingerprint density at radius 1 is 1.16 bits per heavy atom. The summed E-state index contributed by atoms with van der Waals surface area (Å²) in [4.78, 5) is 0. The summed E-state index contributed by atoms with van der Waals surface area (Å²) in [6.07, 6.45) is 0. The molecule has 0 atom stereocenters. The minimum absolute atomic E-state index is 0.0570. The van der Waals surface area contributed by atoms with E-state index in [0.717, 1.165) is 17.7 Å². The molecule has 0 spiro atoms. The van der Waals surface area contributed by atoms with Crippen molar-refractivity contribution in [3.05, 3.63) is 57.6 Å². The van der Waals surface area contributed by atoms with Crippen molar-refractivity contribution in [1.29, 1.82) is 0 Å². The van der Waals surface area contributed by atoms with Crippen LogP contribution in [0, 0.1) is 18.6 Å². The standard InChI is InChI=1S/C14H12BrF2NO/c1-8-2-3-14(19)9(4-8)7-18-13-6-11(16)10(15)5-12(13)17/h2-6,18-19H,7H2,1H3. The summed E-state index contributed by atoms with van der Waals surface area (Å²) in [6.45, 7) is 2.11. The molecule has 2 nitrogen and oxygen atoms in total. The van der Waals surface area contributed by atoms with E-state index in [9.17, 15) is 13.9 Å². The third-order valence-corrected chi connectivity index (χ3v) is 3.32. The van der Waals surface area contributed by atoms with Gasteiger partial charge in [-0.15, -0.1) is 0 Å². The van der Waals surface area contributed by atoms with Crippen molar-refractivity contribution in [2.45, 2.75) is 13.5 Å². The third kappa shape index (κ3) is 3.23. The van der Waals surface area contributed by atoms with Gasteiger partial charge in [-0.25, -0.2) is 8.78 Å². The molecule has 0 aliphatic rings. The number of rotatable bonds is 3. The van der Waals surface area contributed by atoms with Crippen LogP contribution >= 0.6 is 15.9 Å². The minimum Gasteiger partial charge on any atom is -0.508 e. The fraction of sp³-hybridized carbons (Fsp3) is 0.143. The van der Waals surface area contributed by atoms with Crippen molar-refractivity contribution in [2.24, 2.45) is 0 Å². The zero-order valence-electron chi connectivity index (χ0n) is 10.2. The normalized spacial score (nSPS) is 10.5. The number of halogens is 3. The van der Waals surface area contributed by atoms with Crippen molar-refractivity contribution < 1.29 is 13.9 Å². The Balaban J connectivity index is 2.19. The van der Waals surface area contributed by atoms with Crippen LogP contribution in [0.4, 0.5) is 14.5 Å². The number of nitrogens with one attached hydrogen (secondary N) is 1. The molecule has 0 amide bonds. The number of benzene rings is 2. The Bertz CT molecular complexity index is 617. The van der Waals surface area contributed by atoms with Gasteiger partial charge in [-0.3, -0.25) is 0 Å². The van der Waals surface area contributed by atoms with E-state index in [-0.39, 0.29) is 22.5 Å². The van der Waals surface area contributed by atoms with E-state index in [0.29, 0.717) is 5.56 Å². The zero-order valence-corrected chi connectivity index (χ0v) is 11.8. The van der Waals surface area contributed by atoms with Crippen LogP contribution in [-0.2, 0) is 6.54 Å². The highest BCUT2D eigenvalue weighted by atomic mass is 79.9. The molecule has 2 rings (SSSR count). The van der Waals surface area contributed by atoms with Crippen molar-refractivity contribution in [3.63, 3.8) is 0 Å². The monoisotopic (exact) mass is 327 g/mol. The van der Waals surface area contributed by atoms with Gasteiger partial charge in [-0.1, -0.05) is 17.7 Å². The maximum atomic E-state index is 13.6. The van der Waals surface area contributed by atoms with Crippen molar-refractivity contribution >= 4 is 21.6 Å². The molecule has 2 aromatic rings. The van der Waals surface area contributed by atoms with Crippen molar-refractivity contribution in [3.8, 4) is 5.75 Å². The van der Waals surface area contributed by atoms with Crippen LogP contribution in [0.2, 0.25) is 0 Å². The molecule has 0 heterocycles. The minimum atomic E-state index is -0.555. The van der Waals surface area contributed by atoms with Gasteiger partial charge in [0.15, 0.2) is 0 Å². The molecule has 0 aliphatic heterocycles. The Morgan fingerprint density at radius 3 is 2.63 bits per heavy atom. The zero-order chi connectivity index (χ0) is 14.0. The number of anilines is 1. The molecule has 0 bridgehead atoms. The van der Waals surface area contributed by atoms with Crippen LogP contribution in [0.15, 0.2) is 34.8 Å². The first-order chi connectivity index (χ1) is 8.97. The average Bonchev–Trinajstić information content (AvgIpc) is 2.36.